The normalized spacial score (nSPS) is 10.2. The van der Waals surface area contributed by atoms with Gasteiger partial charge in [0.05, 0.1) is 0 Å². The summed E-state index contributed by atoms with van der Waals surface area (Å²) in [4.78, 5) is 0. The second-order valence-corrected chi connectivity index (χ2v) is 2.74. The molecule has 0 atom stereocenters. The number of hydrogen-bond donors (Lipinski definition) is 2. The van der Waals surface area contributed by atoms with Crippen LogP contribution in [-0.4, -0.2) is 25.7 Å². The number of nitrogens with one attached hydrogen (secondary N) is 1. The van der Waals surface area contributed by atoms with E-state index >= 15 is 0 Å². The molecule has 0 spiro atoms. The van der Waals surface area contributed by atoms with Gasteiger partial charge in [-0.05, 0) is 23.8 Å². The second kappa shape index (κ2) is 2.85. The zero-order valence-corrected chi connectivity index (χ0v) is 7.02. The highest BCUT2D eigenvalue weighted by atomic mass is 16.3. The Morgan fingerprint density at radius 3 is 2.85 bits per heavy atom. The molecule has 0 unspecified atom stereocenters. The molecule has 0 bridgehead atoms. The van der Waals surface area contributed by atoms with E-state index in [0.29, 0.717) is 5.82 Å². The number of H-pyrrole nitrogens is 1. The molecule has 2 rings (SSSR count). The maximum absolute atomic E-state index is 9.41. The van der Waals surface area contributed by atoms with E-state index in [1.54, 1.807) is 12.1 Å². The minimum Gasteiger partial charge on any atom is -0.508 e. The van der Waals surface area contributed by atoms with E-state index in [2.05, 4.69) is 20.6 Å². The lowest BCUT2D eigenvalue weighted by molar-refractivity contribution is 0.471. The lowest BCUT2D eigenvalue weighted by Crippen LogP contribution is -1.82. The molecule has 2 N–H and O–H groups in total. The number of hydrogen-bond acceptors (Lipinski definition) is 4. The fraction of sp³-hybridized carbons (Fsp3) is 0.125. The van der Waals surface area contributed by atoms with Gasteiger partial charge in [0.15, 0.2) is 0 Å². The predicted octanol–water partition coefficient (Wildman–Crippen LogP) is 0.881. The molecule has 0 amide bonds. The first kappa shape index (κ1) is 7.72. The van der Waals surface area contributed by atoms with Gasteiger partial charge in [-0.1, -0.05) is 12.1 Å². The first-order valence-electron chi connectivity index (χ1n) is 3.81. The van der Waals surface area contributed by atoms with Crippen LogP contribution in [0.1, 0.15) is 5.56 Å². The van der Waals surface area contributed by atoms with Gasteiger partial charge >= 0.3 is 0 Å². The molecule has 0 saturated carbocycles. The Hall–Kier alpha value is -1.91. The van der Waals surface area contributed by atoms with Gasteiger partial charge in [0.2, 0.25) is 5.82 Å². The van der Waals surface area contributed by atoms with E-state index < -0.39 is 0 Å². The van der Waals surface area contributed by atoms with Crippen LogP contribution in [0.3, 0.4) is 0 Å². The SMILES string of the molecule is Cc1ccc(-c2nn[nH]n2)cc1O. The van der Waals surface area contributed by atoms with Crippen LogP contribution in [0.15, 0.2) is 18.2 Å². The van der Waals surface area contributed by atoms with Gasteiger partial charge in [-0.3, -0.25) is 0 Å². The molecule has 5 nitrogen and oxygen atoms in total. The van der Waals surface area contributed by atoms with E-state index in [1.165, 1.54) is 0 Å². The van der Waals surface area contributed by atoms with Gasteiger partial charge in [-0.15, -0.1) is 10.2 Å². The summed E-state index contributed by atoms with van der Waals surface area (Å²) in [6, 6.07) is 5.25. The van der Waals surface area contributed by atoms with Crippen LogP contribution in [0, 0.1) is 6.92 Å². The summed E-state index contributed by atoms with van der Waals surface area (Å²) >= 11 is 0. The molecule has 0 aliphatic carbocycles. The number of phenolic OH excluding ortho intramolecular Hbond substituents is 1. The van der Waals surface area contributed by atoms with E-state index in [0.717, 1.165) is 11.1 Å². The van der Waals surface area contributed by atoms with Crippen molar-refractivity contribution in [2.45, 2.75) is 6.92 Å². The smallest absolute Gasteiger partial charge is 0.204 e. The average Bonchev–Trinajstić information content (AvgIpc) is 2.62. The highest BCUT2D eigenvalue weighted by molar-refractivity contribution is 5.57. The average molecular weight is 176 g/mol. The van der Waals surface area contributed by atoms with Gasteiger partial charge in [-0.2, -0.15) is 5.21 Å². The van der Waals surface area contributed by atoms with Gasteiger partial charge in [-0.25, -0.2) is 0 Å². The van der Waals surface area contributed by atoms with Gasteiger partial charge in [0, 0.05) is 5.56 Å². The lowest BCUT2D eigenvalue weighted by atomic mass is 10.1. The van der Waals surface area contributed by atoms with Crippen LogP contribution in [0.2, 0.25) is 0 Å². The van der Waals surface area contributed by atoms with Crippen molar-refractivity contribution in [2.75, 3.05) is 0 Å². The largest absolute Gasteiger partial charge is 0.508 e. The minimum atomic E-state index is 0.238. The van der Waals surface area contributed by atoms with Crippen LogP contribution in [0.5, 0.6) is 5.75 Å². The number of benzene rings is 1. The van der Waals surface area contributed by atoms with E-state index in [-0.39, 0.29) is 5.75 Å². The van der Waals surface area contributed by atoms with Gasteiger partial charge in [0.1, 0.15) is 5.75 Å². The first-order valence-corrected chi connectivity index (χ1v) is 3.81. The molecule has 66 valence electrons. The highest BCUT2D eigenvalue weighted by Gasteiger charge is 2.04. The number of aromatic hydroxyl groups is 1. The van der Waals surface area contributed by atoms with Crippen LogP contribution in [0.4, 0.5) is 0 Å². The minimum absolute atomic E-state index is 0.238. The maximum Gasteiger partial charge on any atom is 0.204 e. The molecular formula is C8H8N4O. The second-order valence-electron chi connectivity index (χ2n) is 2.74. The Labute approximate surface area is 74.4 Å². The van der Waals surface area contributed by atoms with Crippen molar-refractivity contribution >= 4 is 0 Å². The highest BCUT2D eigenvalue weighted by Crippen LogP contribution is 2.22. The summed E-state index contributed by atoms with van der Waals surface area (Å²) in [5.74, 6) is 0.720. The predicted molar refractivity (Wildman–Crippen MR) is 46.0 cm³/mol. The fourth-order valence-corrected chi connectivity index (χ4v) is 1.03. The number of tetrazole rings is 1. The molecular weight excluding hydrogens is 168 g/mol. The lowest BCUT2D eigenvalue weighted by Gasteiger charge is -1.99. The third-order valence-electron chi connectivity index (χ3n) is 1.81. The molecule has 13 heavy (non-hydrogen) atoms. The molecule has 0 radical (unpaired) electrons. The fourth-order valence-electron chi connectivity index (χ4n) is 1.03. The number of rotatable bonds is 1. The van der Waals surface area contributed by atoms with Crippen molar-refractivity contribution in [3.8, 4) is 17.1 Å². The summed E-state index contributed by atoms with van der Waals surface area (Å²) in [6.07, 6.45) is 0. The van der Waals surface area contributed by atoms with Crippen molar-refractivity contribution in [3.63, 3.8) is 0 Å². The van der Waals surface area contributed by atoms with Crippen LogP contribution >= 0.6 is 0 Å². The molecule has 5 heteroatoms. The Morgan fingerprint density at radius 2 is 2.23 bits per heavy atom. The standard InChI is InChI=1S/C8H8N4O/c1-5-2-3-6(4-7(5)13)8-9-11-12-10-8/h2-4,13H,1H3,(H,9,10,11,12). The summed E-state index contributed by atoms with van der Waals surface area (Å²) in [5, 5.41) is 22.8. The molecule has 1 aromatic carbocycles. The molecule has 1 aromatic heterocycles. The summed E-state index contributed by atoms with van der Waals surface area (Å²) in [5.41, 5.74) is 1.57. The summed E-state index contributed by atoms with van der Waals surface area (Å²) < 4.78 is 0. The molecule has 0 aliphatic heterocycles. The topological polar surface area (TPSA) is 74.7 Å². The number of phenols is 1. The van der Waals surface area contributed by atoms with E-state index in [1.807, 2.05) is 13.0 Å². The molecule has 1 heterocycles. The van der Waals surface area contributed by atoms with Crippen molar-refractivity contribution in [2.24, 2.45) is 0 Å². The van der Waals surface area contributed by atoms with E-state index in [4.69, 9.17) is 0 Å². The molecule has 0 saturated heterocycles. The first-order chi connectivity index (χ1) is 6.27. The third-order valence-corrected chi connectivity index (χ3v) is 1.81. The van der Waals surface area contributed by atoms with Crippen molar-refractivity contribution in [3.05, 3.63) is 23.8 Å². The van der Waals surface area contributed by atoms with E-state index in [9.17, 15) is 5.11 Å². The number of aromatic amines is 1. The van der Waals surface area contributed by atoms with Crippen LogP contribution in [0.25, 0.3) is 11.4 Å². The molecule has 0 fully saturated rings. The number of aryl methyl sites for hydroxylation is 1. The van der Waals surface area contributed by atoms with Crippen molar-refractivity contribution in [1.29, 1.82) is 0 Å². The Balaban J connectivity index is 2.49. The quantitative estimate of drug-likeness (QED) is 0.676. The monoisotopic (exact) mass is 176 g/mol. The zero-order chi connectivity index (χ0) is 9.26. The molecule has 2 aromatic rings. The van der Waals surface area contributed by atoms with Gasteiger partial charge in [0.25, 0.3) is 0 Å². The van der Waals surface area contributed by atoms with Gasteiger partial charge < -0.3 is 5.11 Å². The van der Waals surface area contributed by atoms with Crippen LogP contribution < -0.4 is 0 Å². The van der Waals surface area contributed by atoms with Crippen molar-refractivity contribution < 1.29 is 5.11 Å². The Bertz CT molecular complexity index is 410. The zero-order valence-electron chi connectivity index (χ0n) is 7.02. The molecule has 0 aliphatic rings. The summed E-state index contributed by atoms with van der Waals surface area (Å²) in [7, 11) is 0. The third kappa shape index (κ3) is 1.35. The Kier molecular flexibility index (Phi) is 1.70. The maximum atomic E-state index is 9.41. The summed E-state index contributed by atoms with van der Waals surface area (Å²) in [6.45, 7) is 1.83. The number of nitrogens with zero attached hydrogens (tertiary/aromatic N) is 3. The van der Waals surface area contributed by atoms with Crippen LogP contribution in [-0.2, 0) is 0 Å². The Morgan fingerprint density at radius 1 is 1.38 bits per heavy atom. The van der Waals surface area contributed by atoms with Crippen molar-refractivity contribution in [1.82, 2.24) is 20.6 Å². The number of aromatic nitrogens is 4.